The van der Waals surface area contributed by atoms with E-state index in [2.05, 4.69) is 34.3 Å². The highest BCUT2D eigenvalue weighted by atomic mass is 16.5. The van der Waals surface area contributed by atoms with E-state index >= 15 is 0 Å². The van der Waals surface area contributed by atoms with Crippen LogP contribution in [0.15, 0.2) is 36.8 Å². The number of hydrogen-bond acceptors (Lipinski definition) is 4. The molecule has 0 spiro atoms. The molecule has 1 aromatic heterocycles. The summed E-state index contributed by atoms with van der Waals surface area (Å²) >= 11 is 0. The normalized spacial score (nSPS) is 19.9. The molecule has 5 heteroatoms. The van der Waals surface area contributed by atoms with Crippen molar-refractivity contribution in [2.75, 3.05) is 13.2 Å². The van der Waals surface area contributed by atoms with Crippen LogP contribution >= 0.6 is 0 Å². The van der Waals surface area contributed by atoms with Gasteiger partial charge in [0, 0.05) is 6.20 Å². The zero-order chi connectivity index (χ0) is 16.3. The molecule has 0 saturated heterocycles. The predicted molar refractivity (Wildman–Crippen MR) is 87.2 cm³/mol. The summed E-state index contributed by atoms with van der Waals surface area (Å²) in [6, 6.07) is 8.31. The van der Waals surface area contributed by atoms with Crippen molar-refractivity contribution >= 4 is 5.91 Å². The number of aromatic nitrogens is 2. The topological polar surface area (TPSA) is 64.1 Å². The maximum absolute atomic E-state index is 12.4. The van der Waals surface area contributed by atoms with E-state index in [1.54, 1.807) is 13.1 Å². The second kappa shape index (κ2) is 6.46. The Morgan fingerprint density at radius 3 is 3.00 bits per heavy atom. The summed E-state index contributed by atoms with van der Waals surface area (Å²) < 4.78 is 6.11. The number of amides is 1. The van der Waals surface area contributed by atoms with Crippen LogP contribution in [0.5, 0.6) is 0 Å². The molecular formula is C18H21N3O2. The molecule has 2 heterocycles. The summed E-state index contributed by atoms with van der Waals surface area (Å²) in [7, 11) is 0. The molecule has 0 saturated carbocycles. The summed E-state index contributed by atoms with van der Waals surface area (Å²) in [5, 5.41) is 3.00. The Hall–Kier alpha value is -2.27. The van der Waals surface area contributed by atoms with Crippen molar-refractivity contribution in [2.45, 2.75) is 32.3 Å². The number of rotatable bonds is 4. The maximum Gasteiger partial charge on any atom is 0.254 e. The van der Waals surface area contributed by atoms with Crippen LogP contribution in [0.25, 0.3) is 0 Å². The number of fused-ring (bicyclic) bond motifs is 1. The second-order valence-corrected chi connectivity index (χ2v) is 5.81. The van der Waals surface area contributed by atoms with Gasteiger partial charge in [0.05, 0.1) is 24.4 Å². The molecule has 1 aliphatic heterocycles. The molecule has 1 N–H and O–H groups in total. The Bertz CT molecular complexity index is 717. The van der Waals surface area contributed by atoms with Crippen molar-refractivity contribution in [3.05, 3.63) is 59.2 Å². The molecule has 5 nitrogen and oxygen atoms in total. The standard InChI is InChI=1S/C18H21N3O2/c1-3-18(16-7-5-4-6-14(16)8-9-23-18)11-20-17(22)15-10-19-12-21-13(15)2/h4-7,10,12H,3,8-9,11H2,1-2H3,(H,20,22). The average molecular weight is 311 g/mol. The summed E-state index contributed by atoms with van der Waals surface area (Å²) in [6.45, 7) is 5.01. The van der Waals surface area contributed by atoms with Gasteiger partial charge in [0.1, 0.15) is 11.9 Å². The first-order valence-corrected chi connectivity index (χ1v) is 7.93. The van der Waals surface area contributed by atoms with Gasteiger partial charge in [-0.05, 0) is 30.9 Å². The average Bonchev–Trinajstić information content (AvgIpc) is 2.60. The zero-order valence-electron chi connectivity index (χ0n) is 13.5. The van der Waals surface area contributed by atoms with Crippen LogP contribution in [0, 0.1) is 6.92 Å². The predicted octanol–water partition coefficient (Wildman–Crippen LogP) is 2.39. The highest BCUT2D eigenvalue weighted by Gasteiger charge is 2.36. The lowest BCUT2D eigenvalue weighted by atomic mass is 9.84. The van der Waals surface area contributed by atoms with Gasteiger partial charge in [0.15, 0.2) is 0 Å². The third kappa shape index (κ3) is 2.97. The van der Waals surface area contributed by atoms with Gasteiger partial charge in [-0.2, -0.15) is 0 Å². The molecule has 1 unspecified atom stereocenters. The van der Waals surface area contributed by atoms with Gasteiger partial charge < -0.3 is 10.1 Å². The zero-order valence-corrected chi connectivity index (χ0v) is 13.5. The molecule has 1 amide bonds. The van der Waals surface area contributed by atoms with Gasteiger partial charge in [0.2, 0.25) is 0 Å². The van der Waals surface area contributed by atoms with Crippen molar-refractivity contribution in [3.8, 4) is 0 Å². The van der Waals surface area contributed by atoms with E-state index in [-0.39, 0.29) is 5.91 Å². The van der Waals surface area contributed by atoms with Crippen molar-refractivity contribution in [1.82, 2.24) is 15.3 Å². The number of benzene rings is 1. The first kappa shape index (κ1) is 15.6. The van der Waals surface area contributed by atoms with Crippen LogP contribution in [0.4, 0.5) is 0 Å². The molecule has 3 rings (SSSR count). The largest absolute Gasteiger partial charge is 0.368 e. The Kier molecular flexibility index (Phi) is 4.39. The van der Waals surface area contributed by atoms with Gasteiger partial charge in [-0.1, -0.05) is 31.2 Å². The molecule has 120 valence electrons. The quantitative estimate of drug-likeness (QED) is 0.941. The van der Waals surface area contributed by atoms with Crippen LogP contribution in [0.1, 0.15) is 40.5 Å². The molecule has 23 heavy (non-hydrogen) atoms. The lowest BCUT2D eigenvalue weighted by molar-refractivity contribution is -0.0606. The van der Waals surface area contributed by atoms with E-state index in [1.165, 1.54) is 17.5 Å². The summed E-state index contributed by atoms with van der Waals surface area (Å²) in [4.78, 5) is 20.4. The minimum atomic E-state index is -0.464. The highest BCUT2D eigenvalue weighted by Crippen LogP contribution is 2.35. The van der Waals surface area contributed by atoms with Crippen molar-refractivity contribution in [2.24, 2.45) is 0 Å². The maximum atomic E-state index is 12.4. The molecule has 0 radical (unpaired) electrons. The molecule has 0 aliphatic carbocycles. The molecular weight excluding hydrogens is 290 g/mol. The first-order chi connectivity index (χ1) is 11.2. The second-order valence-electron chi connectivity index (χ2n) is 5.81. The van der Waals surface area contributed by atoms with Crippen LogP contribution in [-0.4, -0.2) is 29.0 Å². The molecule has 1 atom stereocenters. The Balaban J connectivity index is 1.81. The van der Waals surface area contributed by atoms with Crippen molar-refractivity contribution < 1.29 is 9.53 Å². The molecule has 1 aliphatic rings. The fourth-order valence-electron chi connectivity index (χ4n) is 3.11. The Morgan fingerprint density at radius 2 is 2.22 bits per heavy atom. The van der Waals surface area contributed by atoms with Gasteiger partial charge in [-0.15, -0.1) is 0 Å². The van der Waals surface area contributed by atoms with Crippen LogP contribution in [0.3, 0.4) is 0 Å². The van der Waals surface area contributed by atoms with E-state index in [1.807, 2.05) is 12.1 Å². The number of carbonyl (C=O) groups is 1. The molecule has 2 aromatic rings. The van der Waals surface area contributed by atoms with E-state index in [0.29, 0.717) is 24.4 Å². The molecule has 1 aromatic carbocycles. The van der Waals surface area contributed by atoms with E-state index in [0.717, 1.165) is 12.8 Å². The third-order valence-electron chi connectivity index (χ3n) is 4.52. The minimum Gasteiger partial charge on any atom is -0.368 e. The van der Waals surface area contributed by atoms with E-state index in [9.17, 15) is 4.79 Å². The number of ether oxygens (including phenoxy) is 1. The number of aryl methyl sites for hydroxylation is 1. The lowest BCUT2D eigenvalue weighted by Gasteiger charge is -2.38. The van der Waals surface area contributed by atoms with E-state index in [4.69, 9.17) is 4.74 Å². The fourth-order valence-corrected chi connectivity index (χ4v) is 3.11. The van der Waals surface area contributed by atoms with Crippen LogP contribution in [-0.2, 0) is 16.8 Å². The Morgan fingerprint density at radius 1 is 1.39 bits per heavy atom. The minimum absolute atomic E-state index is 0.164. The lowest BCUT2D eigenvalue weighted by Crippen LogP contribution is -2.45. The number of nitrogens with zero attached hydrogens (tertiary/aromatic N) is 2. The SMILES string of the molecule is CCC1(CNC(=O)c2cncnc2C)OCCc2ccccc21. The van der Waals surface area contributed by atoms with Gasteiger partial charge in [-0.25, -0.2) is 9.97 Å². The number of carbonyl (C=O) groups excluding carboxylic acids is 1. The molecule has 0 bridgehead atoms. The monoisotopic (exact) mass is 311 g/mol. The van der Waals surface area contributed by atoms with Gasteiger partial charge in [-0.3, -0.25) is 4.79 Å². The number of nitrogens with one attached hydrogen (secondary N) is 1. The smallest absolute Gasteiger partial charge is 0.254 e. The van der Waals surface area contributed by atoms with Gasteiger partial charge >= 0.3 is 0 Å². The molecule has 0 fully saturated rings. The third-order valence-corrected chi connectivity index (χ3v) is 4.52. The highest BCUT2D eigenvalue weighted by molar-refractivity contribution is 5.94. The summed E-state index contributed by atoms with van der Waals surface area (Å²) in [6.07, 6.45) is 4.71. The number of hydrogen-bond donors (Lipinski definition) is 1. The summed E-state index contributed by atoms with van der Waals surface area (Å²) in [5.74, 6) is -0.164. The van der Waals surface area contributed by atoms with Crippen LogP contribution in [0.2, 0.25) is 0 Å². The van der Waals surface area contributed by atoms with Gasteiger partial charge in [0.25, 0.3) is 5.91 Å². The Labute approximate surface area is 136 Å². The summed E-state index contributed by atoms with van der Waals surface area (Å²) in [5.41, 5.74) is 3.19. The van der Waals surface area contributed by atoms with Crippen molar-refractivity contribution in [1.29, 1.82) is 0 Å². The van der Waals surface area contributed by atoms with Crippen molar-refractivity contribution in [3.63, 3.8) is 0 Å². The fraction of sp³-hybridized carbons (Fsp3) is 0.389. The first-order valence-electron chi connectivity index (χ1n) is 7.93. The van der Waals surface area contributed by atoms with E-state index < -0.39 is 5.60 Å². The van der Waals surface area contributed by atoms with Crippen LogP contribution < -0.4 is 5.32 Å².